The number of ether oxygens (including phenoxy) is 2. The Balaban J connectivity index is 1.71. The molecule has 156 valence electrons. The zero-order valence-corrected chi connectivity index (χ0v) is 17.5. The molecular weight excluding hydrogens is 376 g/mol. The van der Waals surface area contributed by atoms with Crippen LogP contribution in [0.15, 0.2) is 54.9 Å². The number of nitrogen functional groups attached to an aromatic ring is 1. The molecule has 2 heterocycles. The summed E-state index contributed by atoms with van der Waals surface area (Å²) in [6.45, 7) is 6.11. The highest BCUT2D eigenvalue weighted by Crippen LogP contribution is 2.30. The van der Waals surface area contributed by atoms with Gasteiger partial charge in [0.2, 0.25) is 0 Å². The van der Waals surface area contributed by atoms with Crippen molar-refractivity contribution in [1.29, 1.82) is 0 Å². The molecule has 0 spiro atoms. The standard InChI is InChI=1S/C24H28N4O2/c1-3-13-30-19-11-9-17(10-12-19)14-18(15-29-4-2)28-16-26-22-23(28)20-7-5-6-8-21(20)27-24(22)25/h5-12,16,18H,3-4,13-15H2,1-2H3,(H2,25,27)/t18-/m0/s1. The number of pyridine rings is 1. The molecule has 4 rings (SSSR count). The van der Waals surface area contributed by atoms with E-state index in [1.807, 2.05) is 43.6 Å². The fourth-order valence-corrected chi connectivity index (χ4v) is 3.75. The molecule has 6 nitrogen and oxygen atoms in total. The van der Waals surface area contributed by atoms with Crippen molar-refractivity contribution in [3.05, 3.63) is 60.4 Å². The van der Waals surface area contributed by atoms with E-state index in [0.29, 0.717) is 19.0 Å². The van der Waals surface area contributed by atoms with E-state index in [0.717, 1.165) is 47.1 Å². The highest BCUT2D eigenvalue weighted by Gasteiger charge is 2.19. The van der Waals surface area contributed by atoms with Crippen LogP contribution in [0.25, 0.3) is 21.9 Å². The minimum atomic E-state index is 0.0857. The fraction of sp³-hybridized carbons (Fsp3) is 0.333. The average molecular weight is 405 g/mol. The number of hydrogen-bond donors (Lipinski definition) is 1. The summed E-state index contributed by atoms with van der Waals surface area (Å²) in [7, 11) is 0. The molecule has 0 amide bonds. The smallest absolute Gasteiger partial charge is 0.152 e. The van der Waals surface area contributed by atoms with Crippen LogP contribution < -0.4 is 10.5 Å². The van der Waals surface area contributed by atoms with Crippen LogP contribution in [0.2, 0.25) is 0 Å². The van der Waals surface area contributed by atoms with Crippen molar-refractivity contribution >= 4 is 27.8 Å². The Labute approximate surface area is 176 Å². The van der Waals surface area contributed by atoms with Crippen molar-refractivity contribution in [3.63, 3.8) is 0 Å². The highest BCUT2D eigenvalue weighted by atomic mass is 16.5. The number of fused-ring (bicyclic) bond motifs is 3. The van der Waals surface area contributed by atoms with Crippen LogP contribution >= 0.6 is 0 Å². The summed E-state index contributed by atoms with van der Waals surface area (Å²) in [5.74, 6) is 1.36. The molecular formula is C24H28N4O2. The van der Waals surface area contributed by atoms with E-state index in [4.69, 9.17) is 15.2 Å². The van der Waals surface area contributed by atoms with E-state index in [1.54, 1.807) is 0 Å². The molecule has 2 aromatic carbocycles. The second kappa shape index (κ2) is 9.13. The zero-order valence-electron chi connectivity index (χ0n) is 17.5. The Morgan fingerprint density at radius 2 is 1.87 bits per heavy atom. The van der Waals surface area contributed by atoms with E-state index in [2.05, 4.69) is 39.7 Å². The molecule has 0 bridgehead atoms. The van der Waals surface area contributed by atoms with Gasteiger partial charge in [0.25, 0.3) is 0 Å². The Bertz CT molecular complexity index is 1120. The Morgan fingerprint density at radius 3 is 2.63 bits per heavy atom. The Morgan fingerprint density at radius 1 is 1.07 bits per heavy atom. The largest absolute Gasteiger partial charge is 0.494 e. The topological polar surface area (TPSA) is 75.2 Å². The van der Waals surface area contributed by atoms with Gasteiger partial charge in [-0.25, -0.2) is 9.97 Å². The van der Waals surface area contributed by atoms with Gasteiger partial charge in [-0.3, -0.25) is 0 Å². The lowest BCUT2D eigenvalue weighted by molar-refractivity contribution is 0.114. The second-order valence-electron chi connectivity index (χ2n) is 7.37. The fourth-order valence-electron chi connectivity index (χ4n) is 3.75. The van der Waals surface area contributed by atoms with Crippen LogP contribution in [0.3, 0.4) is 0 Å². The third-order valence-electron chi connectivity index (χ3n) is 5.21. The van der Waals surface area contributed by atoms with Crippen LogP contribution in [-0.4, -0.2) is 34.4 Å². The summed E-state index contributed by atoms with van der Waals surface area (Å²) in [4.78, 5) is 9.10. The van der Waals surface area contributed by atoms with Crippen LogP contribution in [-0.2, 0) is 11.2 Å². The molecule has 2 aromatic heterocycles. The van der Waals surface area contributed by atoms with Gasteiger partial charge in [-0.05, 0) is 43.5 Å². The van der Waals surface area contributed by atoms with Gasteiger partial charge in [0.05, 0.1) is 36.6 Å². The normalized spacial score (nSPS) is 12.5. The van der Waals surface area contributed by atoms with Gasteiger partial charge < -0.3 is 19.8 Å². The molecule has 30 heavy (non-hydrogen) atoms. The Kier molecular flexibility index (Phi) is 6.14. The highest BCUT2D eigenvalue weighted by molar-refractivity contribution is 6.06. The first-order chi connectivity index (χ1) is 14.7. The first-order valence-electron chi connectivity index (χ1n) is 10.5. The quantitative estimate of drug-likeness (QED) is 0.435. The minimum Gasteiger partial charge on any atom is -0.494 e. The number of nitrogens with two attached hydrogens (primary N) is 1. The van der Waals surface area contributed by atoms with E-state index < -0.39 is 0 Å². The molecule has 0 unspecified atom stereocenters. The summed E-state index contributed by atoms with van der Waals surface area (Å²) in [5, 5.41) is 1.05. The van der Waals surface area contributed by atoms with Crippen molar-refractivity contribution in [1.82, 2.24) is 14.5 Å². The number of hydrogen-bond acceptors (Lipinski definition) is 5. The molecule has 4 aromatic rings. The maximum absolute atomic E-state index is 6.21. The lowest BCUT2D eigenvalue weighted by Crippen LogP contribution is -2.18. The summed E-state index contributed by atoms with van der Waals surface area (Å²) >= 11 is 0. The molecule has 0 aliphatic carbocycles. The van der Waals surface area contributed by atoms with Gasteiger partial charge >= 0.3 is 0 Å². The first-order valence-corrected chi connectivity index (χ1v) is 10.5. The van der Waals surface area contributed by atoms with Gasteiger partial charge in [0, 0.05) is 12.0 Å². The van der Waals surface area contributed by atoms with Gasteiger partial charge in [0.15, 0.2) is 5.82 Å². The number of aromatic nitrogens is 3. The number of para-hydroxylation sites is 1. The maximum Gasteiger partial charge on any atom is 0.152 e. The van der Waals surface area contributed by atoms with E-state index in [1.165, 1.54) is 5.56 Å². The Hall–Kier alpha value is -3.12. The summed E-state index contributed by atoms with van der Waals surface area (Å²) < 4.78 is 13.7. The molecule has 6 heteroatoms. The van der Waals surface area contributed by atoms with Crippen molar-refractivity contribution in [2.24, 2.45) is 0 Å². The molecule has 0 aliphatic heterocycles. The first kappa shape index (κ1) is 20.2. The van der Waals surface area contributed by atoms with Crippen molar-refractivity contribution < 1.29 is 9.47 Å². The van der Waals surface area contributed by atoms with Crippen molar-refractivity contribution in [3.8, 4) is 5.75 Å². The van der Waals surface area contributed by atoms with Crippen molar-refractivity contribution in [2.75, 3.05) is 25.6 Å². The molecule has 0 radical (unpaired) electrons. The predicted molar refractivity (Wildman–Crippen MR) is 121 cm³/mol. The summed E-state index contributed by atoms with van der Waals surface area (Å²) in [6.07, 6.45) is 3.67. The van der Waals surface area contributed by atoms with Crippen molar-refractivity contribution in [2.45, 2.75) is 32.7 Å². The predicted octanol–water partition coefficient (Wildman–Crippen LogP) is 4.78. The molecule has 0 fully saturated rings. The van der Waals surface area contributed by atoms with Crippen LogP contribution in [0.4, 0.5) is 5.82 Å². The third kappa shape index (κ3) is 4.09. The molecule has 0 saturated carbocycles. The van der Waals surface area contributed by atoms with Gasteiger partial charge in [0.1, 0.15) is 11.3 Å². The number of anilines is 1. The summed E-state index contributed by atoms with van der Waals surface area (Å²) in [6, 6.07) is 16.4. The summed E-state index contributed by atoms with van der Waals surface area (Å²) in [5.41, 5.74) is 10.0. The number of benzene rings is 2. The van der Waals surface area contributed by atoms with E-state index in [-0.39, 0.29) is 6.04 Å². The number of imidazole rings is 1. The second-order valence-corrected chi connectivity index (χ2v) is 7.37. The molecule has 2 N–H and O–H groups in total. The molecule has 1 atom stereocenters. The average Bonchev–Trinajstić information content (AvgIpc) is 3.22. The van der Waals surface area contributed by atoms with Crippen LogP contribution in [0.1, 0.15) is 31.9 Å². The maximum atomic E-state index is 6.21. The van der Waals surface area contributed by atoms with E-state index >= 15 is 0 Å². The third-order valence-corrected chi connectivity index (χ3v) is 5.21. The lowest BCUT2D eigenvalue weighted by atomic mass is 10.1. The lowest BCUT2D eigenvalue weighted by Gasteiger charge is -2.20. The number of nitrogens with zero attached hydrogens (tertiary/aromatic N) is 3. The molecule has 0 saturated heterocycles. The van der Waals surface area contributed by atoms with Gasteiger partial charge in [-0.2, -0.15) is 0 Å². The van der Waals surface area contributed by atoms with Gasteiger partial charge in [-0.15, -0.1) is 0 Å². The SMILES string of the molecule is CCCOc1ccc(C[C@@H](COCC)n2cnc3c(N)nc4ccccc4c32)cc1. The van der Waals surface area contributed by atoms with Gasteiger partial charge in [-0.1, -0.05) is 37.3 Å². The van der Waals surface area contributed by atoms with Crippen LogP contribution in [0.5, 0.6) is 5.75 Å². The zero-order chi connectivity index (χ0) is 20.9. The molecule has 0 aliphatic rings. The van der Waals surface area contributed by atoms with E-state index in [9.17, 15) is 0 Å². The monoisotopic (exact) mass is 404 g/mol. The van der Waals surface area contributed by atoms with Crippen LogP contribution in [0, 0.1) is 0 Å². The minimum absolute atomic E-state index is 0.0857. The number of rotatable bonds is 9.